The smallest absolute Gasteiger partial charge is 0.328 e. The van der Waals surface area contributed by atoms with Crippen LogP contribution in [-0.4, -0.2) is 103 Å². The Morgan fingerprint density at radius 2 is 1.50 bits per heavy atom. The first-order chi connectivity index (χ1) is 13.1. The molecule has 0 aliphatic rings. The van der Waals surface area contributed by atoms with E-state index in [-0.39, 0.29) is 5.75 Å². The Hall–Kier alpha value is -2.25. The number of carbonyl (C=O) groups is 1. The zero-order chi connectivity index (χ0) is 21.9. The molecule has 4 atom stereocenters. The molecular formula is C17H26O11. The third-order valence-corrected chi connectivity index (χ3v) is 3.48. The van der Waals surface area contributed by atoms with Crippen LogP contribution in [0.3, 0.4) is 0 Å². The second-order valence-corrected chi connectivity index (χ2v) is 5.57. The lowest BCUT2D eigenvalue weighted by Crippen LogP contribution is -2.50. The van der Waals surface area contributed by atoms with Crippen LogP contribution < -0.4 is 4.74 Å². The van der Waals surface area contributed by atoms with Crippen LogP contribution in [0.15, 0.2) is 24.3 Å². The van der Waals surface area contributed by atoms with Crippen molar-refractivity contribution in [3.8, 4) is 11.5 Å². The summed E-state index contributed by atoms with van der Waals surface area (Å²) in [6.45, 7) is -1.58. The lowest BCUT2D eigenvalue weighted by atomic mass is 10.00. The zero-order valence-corrected chi connectivity index (χ0v) is 15.0. The van der Waals surface area contributed by atoms with Gasteiger partial charge < -0.3 is 50.7 Å². The molecule has 4 unspecified atom stereocenters. The molecule has 0 spiro atoms. The van der Waals surface area contributed by atoms with Gasteiger partial charge in [0, 0.05) is 6.08 Å². The van der Waals surface area contributed by atoms with Gasteiger partial charge in [0.15, 0.2) is 11.5 Å². The van der Waals surface area contributed by atoms with Crippen molar-refractivity contribution in [2.45, 2.75) is 30.5 Å². The van der Waals surface area contributed by atoms with Gasteiger partial charge in [0.2, 0.25) is 0 Å². The first-order valence-electron chi connectivity index (χ1n) is 7.99. The predicted molar refractivity (Wildman–Crippen MR) is 95.5 cm³/mol. The molecule has 11 heteroatoms. The third-order valence-electron chi connectivity index (χ3n) is 3.48. The first-order valence-corrected chi connectivity index (χ1v) is 7.99. The summed E-state index contributed by atoms with van der Waals surface area (Å²) < 4.78 is 4.86. The van der Waals surface area contributed by atoms with E-state index in [1.807, 2.05) is 0 Å². The monoisotopic (exact) mass is 406 g/mol. The van der Waals surface area contributed by atoms with Crippen LogP contribution in [0.4, 0.5) is 0 Å². The highest BCUT2D eigenvalue weighted by Gasteiger charge is 2.33. The molecule has 0 fully saturated rings. The quantitative estimate of drug-likeness (QED) is 0.192. The number of aliphatic hydroxyl groups is 7. The Kier molecular flexibility index (Phi) is 12.0. The van der Waals surface area contributed by atoms with Crippen molar-refractivity contribution in [3.05, 3.63) is 29.8 Å². The number of hydrogen-bond acceptors (Lipinski definition) is 10. The molecule has 28 heavy (non-hydrogen) atoms. The molecular weight excluding hydrogens is 380 g/mol. The van der Waals surface area contributed by atoms with Crippen LogP contribution in [0.2, 0.25) is 0 Å². The number of phenolic OH excluding ortho intramolecular Hbond substituents is 1. The molecule has 9 N–H and O–H groups in total. The number of ether oxygens (including phenoxy) is 1. The number of hydrogen-bond donors (Lipinski definition) is 9. The van der Waals surface area contributed by atoms with Gasteiger partial charge in [-0.3, -0.25) is 0 Å². The fourth-order valence-corrected chi connectivity index (χ4v) is 1.84. The molecule has 1 aromatic carbocycles. The number of aromatic hydroxyl groups is 1. The largest absolute Gasteiger partial charge is 0.504 e. The van der Waals surface area contributed by atoms with Crippen molar-refractivity contribution in [3.63, 3.8) is 0 Å². The van der Waals surface area contributed by atoms with Crippen LogP contribution in [0.5, 0.6) is 11.5 Å². The minimum absolute atomic E-state index is 0.0278. The number of aliphatic carboxylic acids is 1. The molecule has 0 aliphatic heterocycles. The van der Waals surface area contributed by atoms with Crippen LogP contribution in [0.25, 0.3) is 6.08 Å². The van der Waals surface area contributed by atoms with Crippen LogP contribution in [0, 0.1) is 0 Å². The number of phenols is 1. The fraction of sp³-hybridized carbons (Fsp3) is 0.471. The fourth-order valence-electron chi connectivity index (χ4n) is 1.84. The second kappa shape index (κ2) is 13.0. The maximum Gasteiger partial charge on any atom is 0.328 e. The standard InChI is InChI=1S/C10H10O4.C7H16O7/c1-14-9-6-7(2-4-8(9)11)3-5-10(12)13;8-1-3(10)5(12)7(14)6(13)4(11)2-9/h2-6,11H,1H3,(H,12,13);3-14H,1-2H2. The topological polar surface area (TPSA) is 208 Å². The summed E-state index contributed by atoms with van der Waals surface area (Å²) in [5, 5.41) is 79.6. The van der Waals surface area contributed by atoms with Crippen molar-refractivity contribution in [1.82, 2.24) is 0 Å². The van der Waals surface area contributed by atoms with Crippen LogP contribution >= 0.6 is 0 Å². The summed E-state index contributed by atoms with van der Waals surface area (Å²) >= 11 is 0. The Morgan fingerprint density at radius 1 is 1.00 bits per heavy atom. The third kappa shape index (κ3) is 8.63. The van der Waals surface area contributed by atoms with E-state index in [1.54, 1.807) is 12.1 Å². The zero-order valence-electron chi connectivity index (χ0n) is 15.0. The average Bonchev–Trinajstić information content (AvgIpc) is 2.70. The summed E-state index contributed by atoms with van der Waals surface area (Å²) in [7, 11) is 1.43. The summed E-state index contributed by atoms with van der Waals surface area (Å²) in [5.74, 6) is -0.672. The highest BCUT2D eigenvalue weighted by molar-refractivity contribution is 5.85. The molecule has 0 saturated carbocycles. The van der Waals surface area contributed by atoms with Crippen molar-refractivity contribution < 1.29 is 55.5 Å². The normalized spacial score (nSPS) is 16.4. The minimum Gasteiger partial charge on any atom is -0.504 e. The SMILES string of the molecule is COc1cc(C=CC(=O)O)ccc1O.OCC(O)C(O)C(O)C(O)C(O)CO. The van der Waals surface area contributed by atoms with E-state index in [4.69, 9.17) is 45.6 Å². The Balaban J connectivity index is 0.000000521. The van der Waals surface area contributed by atoms with Gasteiger partial charge in [-0.2, -0.15) is 0 Å². The van der Waals surface area contributed by atoms with E-state index in [0.29, 0.717) is 11.3 Å². The van der Waals surface area contributed by atoms with E-state index >= 15 is 0 Å². The van der Waals surface area contributed by atoms with Crippen LogP contribution in [-0.2, 0) is 4.79 Å². The average molecular weight is 406 g/mol. The summed E-state index contributed by atoms with van der Waals surface area (Å²) in [6, 6.07) is 4.59. The molecule has 0 aliphatic carbocycles. The van der Waals surface area contributed by atoms with Gasteiger partial charge in [-0.15, -0.1) is 0 Å². The number of rotatable bonds is 9. The highest BCUT2D eigenvalue weighted by Crippen LogP contribution is 2.26. The predicted octanol–water partition coefficient (Wildman–Crippen LogP) is -2.73. The van der Waals surface area contributed by atoms with E-state index < -0.39 is 49.7 Å². The van der Waals surface area contributed by atoms with Crippen molar-refractivity contribution in [2.75, 3.05) is 20.3 Å². The highest BCUT2D eigenvalue weighted by atomic mass is 16.5. The maximum absolute atomic E-state index is 10.2. The van der Waals surface area contributed by atoms with Gasteiger partial charge in [0.1, 0.15) is 30.5 Å². The number of carboxylic acid groups (broad SMARTS) is 1. The lowest BCUT2D eigenvalue weighted by molar-refractivity contribution is -0.145. The Labute approximate surface area is 160 Å². The van der Waals surface area contributed by atoms with Gasteiger partial charge in [0.25, 0.3) is 0 Å². The van der Waals surface area contributed by atoms with Crippen molar-refractivity contribution in [2.24, 2.45) is 0 Å². The van der Waals surface area contributed by atoms with Gasteiger partial charge in [-0.25, -0.2) is 4.79 Å². The number of methoxy groups -OCH3 is 1. The van der Waals surface area contributed by atoms with Gasteiger partial charge in [0.05, 0.1) is 20.3 Å². The molecule has 11 nitrogen and oxygen atoms in total. The number of benzene rings is 1. The maximum atomic E-state index is 10.2. The van der Waals surface area contributed by atoms with Crippen LogP contribution in [0.1, 0.15) is 5.56 Å². The Bertz CT molecular complexity index is 603. The molecule has 0 aromatic heterocycles. The number of carboxylic acids is 1. The molecule has 1 aromatic rings. The summed E-state index contributed by atoms with van der Waals surface area (Å²) in [4.78, 5) is 10.2. The Morgan fingerprint density at radius 3 is 1.89 bits per heavy atom. The van der Waals surface area contributed by atoms with E-state index in [2.05, 4.69) is 0 Å². The lowest BCUT2D eigenvalue weighted by Gasteiger charge is -2.27. The summed E-state index contributed by atoms with van der Waals surface area (Å²) in [6.07, 6.45) is -6.24. The van der Waals surface area contributed by atoms with Gasteiger partial charge in [-0.1, -0.05) is 6.07 Å². The van der Waals surface area contributed by atoms with E-state index in [9.17, 15) is 9.90 Å². The molecule has 0 bridgehead atoms. The van der Waals surface area contributed by atoms with Gasteiger partial charge >= 0.3 is 5.97 Å². The van der Waals surface area contributed by atoms with Crippen molar-refractivity contribution >= 4 is 12.0 Å². The summed E-state index contributed by atoms with van der Waals surface area (Å²) in [5.41, 5.74) is 0.655. The number of aliphatic hydroxyl groups excluding tert-OH is 7. The van der Waals surface area contributed by atoms with Gasteiger partial charge in [-0.05, 0) is 23.8 Å². The van der Waals surface area contributed by atoms with E-state index in [0.717, 1.165) is 6.08 Å². The molecule has 0 saturated heterocycles. The molecule has 0 radical (unpaired) electrons. The second-order valence-electron chi connectivity index (χ2n) is 5.57. The minimum atomic E-state index is -1.85. The first kappa shape index (κ1) is 25.8. The van der Waals surface area contributed by atoms with E-state index in [1.165, 1.54) is 19.3 Å². The molecule has 160 valence electrons. The van der Waals surface area contributed by atoms with Crippen molar-refractivity contribution in [1.29, 1.82) is 0 Å². The molecule has 0 amide bonds. The molecule has 0 heterocycles. The molecule has 1 rings (SSSR count).